The number of anilines is 1. The van der Waals surface area contributed by atoms with Gasteiger partial charge in [-0.05, 0) is 18.2 Å². The minimum Gasteiger partial charge on any atom is -0.478 e. The number of H-pyrrole nitrogens is 1. The van der Waals surface area contributed by atoms with Crippen LogP contribution in [0, 0.1) is 0 Å². The number of rotatable bonds is 7. The van der Waals surface area contributed by atoms with Crippen molar-refractivity contribution in [3.63, 3.8) is 0 Å². The van der Waals surface area contributed by atoms with Crippen LogP contribution in [-0.4, -0.2) is 42.2 Å². The molecule has 1 atom stereocenters. The molecule has 0 amide bonds. The van der Waals surface area contributed by atoms with Crippen molar-refractivity contribution in [3.8, 4) is 11.6 Å². The summed E-state index contributed by atoms with van der Waals surface area (Å²) in [6.07, 6.45) is -2.46. The Labute approximate surface area is 172 Å². The molecule has 8 nitrogen and oxygen atoms in total. The highest BCUT2D eigenvalue weighted by molar-refractivity contribution is 7.93. The summed E-state index contributed by atoms with van der Waals surface area (Å²) in [5, 5.41) is 0.758. The number of aromatic amines is 1. The molecule has 0 saturated carbocycles. The van der Waals surface area contributed by atoms with E-state index in [1.807, 2.05) is 0 Å². The summed E-state index contributed by atoms with van der Waals surface area (Å²) in [5.41, 5.74) is -2.66. The molecule has 2 N–H and O–H groups in total. The second kappa shape index (κ2) is 7.76. The number of hydrogen-bond donors (Lipinski definition) is 2. The van der Waals surface area contributed by atoms with E-state index in [-0.39, 0.29) is 4.90 Å². The SMILES string of the molecule is COc1nc(NS(=O)(=O)c2c[nH]c3cc(Cl)ccc23)ncc1OC(F)(F)C(F)Cl. The van der Waals surface area contributed by atoms with Crippen LogP contribution in [-0.2, 0) is 10.0 Å². The van der Waals surface area contributed by atoms with E-state index in [0.29, 0.717) is 22.1 Å². The first-order chi connectivity index (χ1) is 13.5. The molecule has 0 fully saturated rings. The van der Waals surface area contributed by atoms with Crippen molar-refractivity contribution in [2.24, 2.45) is 0 Å². The van der Waals surface area contributed by atoms with Crippen LogP contribution in [0.4, 0.5) is 19.1 Å². The van der Waals surface area contributed by atoms with Gasteiger partial charge in [-0.1, -0.05) is 23.2 Å². The lowest BCUT2D eigenvalue weighted by Crippen LogP contribution is -2.33. The molecule has 29 heavy (non-hydrogen) atoms. The number of benzene rings is 1. The fraction of sp³-hybridized carbons (Fsp3) is 0.200. The molecule has 3 aromatic rings. The van der Waals surface area contributed by atoms with Crippen molar-refractivity contribution >= 4 is 50.1 Å². The monoisotopic (exact) mass is 470 g/mol. The normalized spacial score (nSPS) is 13.3. The van der Waals surface area contributed by atoms with Crippen LogP contribution in [0.5, 0.6) is 11.6 Å². The number of halogens is 5. The molecule has 14 heteroatoms. The van der Waals surface area contributed by atoms with Crippen molar-refractivity contribution in [2.75, 3.05) is 11.8 Å². The zero-order valence-electron chi connectivity index (χ0n) is 14.3. The maximum absolute atomic E-state index is 13.3. The second-order valence-electron chi connectivity index (χ2n) is 5.48. The Hall–Kier alpha value is -2.44. The third-order valence-electron chi connectivity index (χ3n) is 3.54. The summed E-state index contributed by atoms with van der Waals surface area (Å²) in [5.74, 6) is -1.81. The molecule has 2 aromatic heterocycles. The average Bonchev–Trinajstić information content (AvgIpc) is 3.06. The number of alkyl halides is 4. The molecule has 0 saturated heterocycles. The van der Waals surface area contributed by atoms with Gasteiger partial charge in [0.1, 0.15) is 4.90 Å². The summed E-state index contributed by atoms with van der Waals surface area (Å²) in [4.78, 5) is 9.87. The fourth-order valence-electron chi connectivity index (χ4n) is 2.28. The lowest BCUT2D eigenvalue weighted by Gasteiger charge is -2.18. The van der Waals surface area contributed by atoms with Gasteiger partial charge in [-0.2, -0.15) is 13.8 Å². The molecular weight excluding hydrogens is 460 g/mol. The number of fused-ring (bicyclic) bond motifs is 1. The molecule has 0 aliphatic rings. The lowest BCUT2D eigenvalue weighted by atomic mass is 10.2. The molecule has 0 aliphatic carbocycles. The Kier molecular flexibility index (Phi) is 5.70. The number of hydrogen-bond acceptors (Lipinski definition) is 6. The third-order valence-corrected chi connectivity index (χ3v) is 5.39. The van der Waals surface area contributed by atoms with Gasteiger partial charge >= 0.3 is 6.11 Å². The van der Waals surface area contributed by atoms with Gasteiger partial charge < -0.3 is 14.5 Å². The maximum Gasteiger partial charge on any atom is 0.444 e. The predicted octanol–water partition coefficient (Wildman–Crippen LogP) is 3.93. The summed E-state index contributed by atoms with van der Waals surface area (Å²) in [6, 6.07) is 4.55. The highest BCUT2D eigenvalue weighted by Gasteiger charge is 2.43. The van der Waals surface area contributed by atoms with Crippen LogP contribution >= 0.6 is 23.2 Å². The van der Waals surface area contributed by atoms with Gasteiger partial charge in [0.15, 0.2) is 0 Å². The highest BCUT2D eigenvalue weighted by Crippen LogP contribution is 2.34. The van der Waals surface area contributed by atoms with E-state index in [2.05, 4.69) is 24.4 Å². The van der Waals surface area contributed by atoms with Crippen LogP contribution in [0.1, 0.15) is 0 Å². The molecule has 1 unspecified atom stereocenters. The van der Waals surface area contributed by atoms with E-state index >= 15 is 0 Å². The topological polar surface area (TPSA) is 106 Å². The quantitative estimate of drug-likeness (QED) is 0.506. The molecule has 0 radical (unpaired) electrons. The van der Waals surface area contributed by atoms with E-state index < -0.39 is 39.3 Å². The van der Waals surface area contributed by atoms with Crippen LogP contribution in [0.3, 0.4) is 0 Å². The van der Waals surface area contributed by atoms with Gasteiger partial charge in [0.25, 0.3) is 21.5 Å². The predicted molar refractivity (Wildman–Crippen MR) is 99.0 cm³/mol. The van der Waals surface area contributed by atoms with Gasteiger partial charge in [-0.25, -0.2) is 22.5 Å². The van der Waals surface area contributed by atoms with Crippen LogP contribution in [0.2, 0.25) is 5.02 Å². The molecule has 0 bridgehead atoms. The first-order valence-corrected chi connectivity index (χ1v) is 9.88. The van der Waals surface area contributed by atoms with Crippen LogP contribution in [0.15, 0.2) is 35.5 Å². The van der Waals surface area contributed by atoms with Crippen molar-refractivity contribution in [1.82, 2.24) is 15.0 Å². The van der Waals surface area contributed by atoms with Crippen LogP contribution in [0.25, 0.3) is 10.9 Å². The Balaban J connectivity index is 1.91. The van der Waals surface area contributed by atoms with Crippen molar-refractivity contribution in [1.29, 1.82) is 0 Å². The summed E-state index contributed by atoms with van der Waals surface area (Å²) >= 11 is 10.6. The van der Waals surface area contributed by atoms with E-state index in [0.717, 1.165) is 7.11 Å². The Morgan fingerprint density at radius 1 is 1.34 bits per heavy atom. The zero-order valence-corrected chi connectivity index (χ0v) is 16.6. The molecule has 0 aliphatic heterocycles. The largest absolute Gasteiger partial charge is 0.478 e. The standard InChI is InChI=1S/C15H11Cl2F3N4O4S/c1-27-12-10(28-15(19,20)13(17)18)5-22-14(23-12)24-29(25,26)11-6-21-9-4-7(16)2-3-8(9)11/h2-6,13,21H,1H3,(H,22,23,24). The van der Waals surface area contributed by atoms with E-state index in [4.69, 9.17) is 27.9 Å². The molecule has 156 valence electrons. The van der Waals surface area contributed by atoms with Gasteiger partial charge in [0.05, 0.1) is 13.3 Å². The average molecular weight is 471 g/mol. The number of nitrogens with one attached hydrogen (secondary N) is 2. The minimum absolute atomic E-state index is 0.124. The smallest absolute Gasteiger partial charge is 0.444 e. The van der Waals surface area contributed by atoms with Gasteiger partial charge in [-0.3, -0.25) is 0 Å². The fourth-order valence-corrected chi connectivity index (χ4v) is 3.63. The first kappa shape index (κ1) is 21.3. The molecule has 1 aromatic carbocycles. The lowest BCUT2D eigenvalue weighted by molar-refractivity contribution is -0.199. The second-order valence-corrected chi connectivity index (χ2v) is 7.95. The number of sulfonamides is 1. The van der Waals surface area contributed by atoms with Gasteiger partial charge in [0, 0.05) is 22.1 Å². The van der Waals surface area contributed by atoms with Gasteiger partial charge in [0.2, 0.25) is 11.7 Å². The summed E-state index contributed by atoms with van der Waals surface area (Å²) < 4.78 is 75.7. The summed E-state index contributed by atoms with van der Waals surface area (Å²) in [6.45, 7) is 0. The molecular formula is C15H11Cl2F3N4O4S. The Morgan fingerprint density at radius 3 is 2.72 bits per heavy atom. The van der Waals surface area contributed by atoms with E-state index in [1.165, 1.54) is 24.4 Å². The van der Waals surface area contributed by atoms with E-state index in [1.54, 1.807) is 0 Å². The van der Waals surface area contributed by atoms with Crippen LogP contribution < -0.4 is 14.2 Å². The van der Waals surface area contributed by atoms with Crippen molar-refractivity contribution in [3.05, 3.63) is 35.6 Å². The summed E-state index contributed by atoms with van der Waals surface area (Å²) in [7, 11) is -3.11. The Bertz CT molecular complexity index is 1160. The number of aromatic nitrogens is 3. The molecule has 3 rings (SSSR count). The van der Waals surface area contributed by atoms with E-state index in [9.17, 15) is 21.6 Å². The third kappa shape index (κ3) is 4.43. The molecule has 0 spiro atoms. The van der Waals surface area contributed by atoms with Crippen molar-refractivity contribution < 1.29 is 31.1 Å². The maximum atomic E-state index is 13.3. The first-order valence-electron chi connectivity index (χ1n) is 7.59. The molecule has 2 heterocycles. The highest BCUT2D eigenvalue weighted by atomic mass is 35.5. The minimum atomic E-state index is -4.38. The zero-order chi connectivity index (χ0) is 21.4. The number of ether oxygens (including phenoxy) is 2. The number of methoxy groups -OCH3 is 1. The van der Waals surface area contributed by atoms with Crippen molar-refractivity contribution in [2.45, 2.75) is 16.6 Å². The number of nitrogens with zero attached hydrogens (tertiary/aromatic N) is 2. The van der Waals surface area contributed by atoms with Gasteiger partial charge in [-0.15, -0.1) is 0 Å². The Morgan fingerprint density at radius 2 is 2.07 bits per heavy atom.